The van der Waals surface area contributed by atoms with Crippen molar-refractivity contribution in [2.45, 2.75) is 33.9 Å². The van der Waals surface area contributed by atoms with Gasteiger partial charge in [0, 0.05) is 0 Å². The Balaban J connectivity index is 1.99. The molecule has 5 heteroatoms. The van der Waals surface area contributed by atoms with Crippen LogP contribution in [-0.2, 0) is 13.1 Å². The van der Waals surface area contributed by atoms with Crippen LogP contribution < -0.4 is 11.2 Å². The van der Waals surface area contributed by atoms with Gasteiger partial charge in [0.25, 0.3) is 5.56 Å². The molecule has 0 fully saturated rings. The first-order valence-corrected chi connectivity index (χ1v) is 8.23. The first kappa shape index (κ1) is 16.9. The lowest BCUT2D eigenvalue weighted by Gasteiger charge is -2.11. The maximum Gasteiger partial charge on any atom is 0.348 e. The molecule has 0 saturated carbocycles. The van der Waals surface area contributed by atoms with Crippen molar-refractivity contribution in [3.8, 4) is 0 Å². The van der Waals surface area contributed by atoms with E-state index in [0.717, 1.165) is 22.3 Å². The summed E-state index contributed by atoms with van der Waals surface area (Å²) in [5.74, 6) is 0. The summed E-state index contributed by atoms with van der Waals surface area (Å²) in [4.78, 5) is 25.1. The molecule has 0 aliphatic rings. The van der Waals surface area contributed by atoms with E-state index in [1.54, 1.807) is 6.92 Å². The zero-order chi connectivity index (χ0) is 18.0. The van der Waals surface area contributed by atoms with Crippen molar-refractivity contribution in [1.82, 2.24) is 14.3 Å². The largest absolute Gasteiger partial charge is 0.348 e. The van der Waals surface area contributed by atoms with Crippen LogP contribution in [0.1, 0.15) is 27.9 Å². The van der Waals surface area contributed by atoms with E-state index in [-0.39, 0.29) is 12.1 Å². The standard InChI is InChI=1S/C20H21N3O2/c1-14-4-8-17(9-5-14)12-22-19(24)16(3)21-23(20(22)25)13-18-10-6-15(2)7-11-18/h4-11H,12-13H2,1-3H3. The highest BCUT2D eigenvalue weighted by molar-refractivity contribution is 5.22. The monoisotopic (exact) mass is 335 g/mol. The predicted octanol–water partition coefficient (Wildman–Crippen LogP) is 2.43. The fourth-order valence-corrected chi connectivity index (χ4v) is 2.67. The third-order valence-corrected chi connectivity index (χ3v) is 4.19. The third-order valence-electron chi connectivity index (χ3n) is 4.19. The first-order valence-electron chi connectivity index (χ1n) is 8.23. The Bertz CT molecular complexity index is 997. The Kier molecular flexibility index (Phi) is 4.65. The van der Waals surface area contributed by atoms with Crippen molar-refractivity contribution < 1.29 is 0 Å². The molecule has 5 nitrogen and oxygen atoms in total. The molecule has 3 aromatic rings. The van der Waals surface area contributed by atoms with Crippen LogP contribution in [0, 0.1) is 20.8 Å². The zero-order valence-corrected chi connectivity index (χ0v) is 14.7. The highest BCUT2D eigenvalue weighted by Crippen LogP contribution is 2.05. The molecule has 1 heterocycles. The number of hydrogen-bond acceptors (Lipinski definition) is 3. The Morgan fingerprint density at radius 2 is 1.24 bits per heavy atom. The summed E-state index contributed by atoms with van der Waals surface area (Å²) in [5, 5.41) is 4.18. The maximum atomic E-state index is 12.7. The molecular weight excluding hydrogens is 314 g/mol. The van der Waals surface area contributed by atoms with E-state index in [1.807, 2.05) is 62.4 Å². The summed E-state index contributed by atoms with van der Waals surface area (Å²) in [5.41, 5.74) is 3.77. The van der Waals surface area contributed by atoms with Crippen LogP contribution in [0.5, 0.6) is 0 Å². The number of benzene rings is 2. The van der Waals surface area contributed by atoms with Gasteiger partial charge in [0.1, 0.15) is 5.69 Å². The van der Waals surface area contributed by atoms with Gasteiger partial charge in [-0.05, 0) is 31.9 Å². The molecule has 0 aliphatic carbocycles. The number of aromatic nitrogens is 3. The van der Waals surface area contributed by atoms with Crippen LogP contribution in [-0.4, -0.2) is 14.3 Å². The second-order valence-corrected chi connectivity index (χ2v) is 6.39. The molecule has 25 heavy (non-hydrogen) atoms. The van der Waals surface area contributed by atoms with Gasteiger partial charge in [-0.3, -0.25) is 9.36 Å². The van der Waals surface area contributed by atoms with Crippen LogP contribution in [0.4, 0.5) is 0 Å². The molecule has 128 valence electrons. The van der Waals surface area contributed by atoms with Gasteiger partial charge in [0.15, 0.2) is 0 Å². The van der Waals surface area contributed by atoms with Crippen molar-refractivity contribution in [2.24, 2.45) is 0 Å². The number of aryl methyl sites for hydroxylation is 3. The molecule has 0 aliphatic heterocycles. The van der Waals surface area contributed by atoms with Crippen LogP contribution >= 0.6 is 0 Å². The summed E-state index contributed by atoms with van der Waals surface area (Å²) in [6.07, 6.45) is 0. The van der Waals surface area contributed by atoms with E-state index in [1.165, 1.54) is 9.25 Å². The fourth-order valence-electron chi connectivity index (χ4n) is 2.67. The highest BCUT2D eigenvalue weighted by atomic mass is 16.2. The average Bonchev–Trinajstić information content (AvgIpc) is 2.60. The van der Waals surface area contributed by atoms with Gasteiger partial charge in [0.05, 0.1) is 13.1 Å². The van der Waals surface area contributed by atoms with Crippen molar-refractivity contribution >= 4 is 0 Å². The van der Waals surface area contributed by atoms with E-state index in [0.29, 0.717) is 12.2 Å². The number of hydrogen-bond donors (Lipinski definition) is 0. The van der Waals surface area contributed by atoms with Crippen molar-refractivity contribution in [2.75, 3.05) is 0 Å². The molecule has 0 N–H and O–H groups in total. The lowest BCUT2D eigenvalue weighted by molar-refractivity contribution is 0.531. The average molecular weight is 335 g/mol. The van der Waals surface area contributed by atoms with Gasteiger partial charge < -0.3 is 0 Å². The topological polar surface area (TPSA) is 56.9 Å². The molecule has 0 atom stereocenters. The van der Waals surface area contributed by atoms with Crippen molar-refractivity contribution in [1.29, 1.82) is 0 Å². The molecular formula is C20H21N3O2. The molecule has 0 amide bonds. The lowest BCUT2D eigenvalue weighted by atomic mass is 10.1. The summed E-state index contributed by atoms with van der Waals surface area (Å²) in [6.45, 7) is 6.24. The van der Waals surface area contributed by atoms with Crippen LogP contribution in [0.25, 0.3) is 0 Å². The number of rotatable bonds is 4. The van der Waals surface area contributed by atoms with Gasteiger partial charge in [-0.1, -0.05) is 59.7 Å². The van der Waals surface area contributed by atoms with Crippen molar-refractivity contribution in [3.63, 3.8) is 0 Å². The minimum atomic E-state index is -0.392. The first-order chi connectivity index (χ1) is 11.9. The molecule has 0 saturated heterocycles. The SMILES string of the molecule is Cc1ccc(Cn2nc(C)c(=O)n(Cc3ccc(C)cc3)c2=O)cc1. The van der Waals surface area contributed by atoms with E-state index in [9.17, 15) is 9.59 Å². The smallest absolute Gasteiger partial charge is 0.267 e. The van der Waals surface area contributed by atoms with E-state index >= 15 is 0 Å². The Morgan fingerprint density at radius 1 is 0.760 bits per heavy atom. The lowest BCUT2D eigenvalue weighted by Crippen LogP contribution is -2.43. The molecule has 1 aromatic heterocycles. The Hall–Kier alpha value is -2.95. The maximum absolute atomic E-state index is 12.7. The molecule has 0 bridgehead atoms. The van der Waals surface area contributed by atoms with E-state index in [4.69, 9.17) is 0 Å². The van der Waals surface area contributed by atoms with Gasteiger partial charge >= 0.3 is 5.69 Å². The Morgan fingerprint density at radius 3 is 1.76 bits per heavy atom. The van der Waals surface area contributed by atoms with Gasteiger partial charge in [-0.25, -0.2) is 9.48 Å². The van der Waals surface area contributed by atoms with Gasteiger partial charge in [0.2, 0.25) is 0 Å². The van der Waals surface area contributed by atoms with Gasteiger partial charge in [-0.2, -0.15) is 5.10 Å². The fraction of sp³-hybridized carbons (Fsp3) is 0.250. The molecule has 3 rings (SSSR count). The van der Waals surface area contributed by atoms with E-state index < -0.39 is 5.69 Å². The molecule has 0 spiro atoms. The van der Waals surface area contributed by atoms with Gasteiger partial charge in [-0.15, -0.1) is 0 Å². The third kappa shape index (κ3) is 3.76. The normalized spacial score (nSPS) is 10.8. The zero-order valence-electron chi connectivity index (χ0n) is 14.7. The second-order valence-electron chi connectivity index (χ2n) is 6.39. The molecule has 2 aromatic carbocycles. The van der Waals surface area contributed by atoms with Crippen LogP contribution in [0.3, 0.4) is 0 Å². The summed E-state index contributed by atoms with van der Waals surface area (Å²) >= 11 is 0. The Labute approximate surface area is 146 Å². The predicted molar refractivity (Wildman–Crippen MR) is 98.1 cm³/mol. The summed E-state index contributed by atoms with van der Waals surface area (Å²) in [7, 11) is 0. The van der Waals surface area contributed by atoms with Crippen LogP contribution in [0.15, 0.2) is 58.1 Å². The summed E-state index contributed by atoms with van der Waals surface area (Å²) in [6, 6.07) is 15.7. The number of nitrogens with zero attached hydrogens (tertiary/aromatic N) is 3. The quantitative estimate of drug-likeness (QED) is 0.736. The molecule has 0 unspecified atom stereocenters. The van der Waals surface area contributed by atoms with E-state index in [2.05, 4.69) is 5.10 Å². The van der Waals surface area contributed by atoms with Crippen molar-refractivity contribution in [3.05, 3.63) is 97.3 Å². The highest BCUT2D eigenvalue weighted by Gasteiger charge is 2.11. The molecule has 0 radical (unpaired) electrons. The minimum absolute atomic E-state index is 0.245. The van der Waals surface area contributed by atoms with Crippen LogP contribution in [0.2, 0.25) is 0 Å². The summed E-state index contributed by atoms with van der Waals surface area (Å²) < 4.78 is 2.61. The second kappa shape index (κ2) is 6.89. The minimum Gasteiger partial charge on any atom is -0.267 e.